The number of H-pyrrole nitrogens is 1. The zero-order valence-corrected chi connectivity index (χ0v) is 14.6. The quantitative estimate of drug-likeness (QED) is 0.577. The highest BCUT2D eigenvalue weighted by Gasteiger charge is 2.16. The molecule has 0 radical (unpaired) electrons. The van der Waals surface area contributed by atoms with Crippen LogP contribution < -0.4 is 21.5 Å². The van der Waals surface area contributed by atoms with Crippen molar-refractivity contribution in [2.45, 2.75) is 51.8 Å². The summed E-state index contributed by atoms with van der Waals surface area (Å²) >= 11 is 0. The number of unbranched alkanes of at least 4 members (excludes halogenated alkanes) is 1. The van der Waals surface area contributed by atoms with Crippen molar-refractivity contribution >= 4 is 17.0 Å². The smallest absolute Gasteiger partial charge is 0.327 e. The SMILES string of the molecule is CCCCOc1nc(N)c2[nH]c(=O)n(CCCN[C@H]3CCCO3)c2n1. The number of nitrogens with two attached hydrogens (primary N) is 1. The molecule has 1 saturated heterocycles. The minimum absolute atomic E-state index is 0.135. The van der Waals surface area contributed by atoms with E-state index in [4.69, 9.17) is 15.2 Å². The van der Waals surface area contributed by atoms with Crippen LogP contribution in [0.25, 0.3) is 11.2 Å². The average Bonchev–Trinajstić information content (AvgIpc) is 3.21. The fraction of sp³-hybridized carbons (Fsp3) is 0.688. The molecule has 0 unspecified atom stereocenters. The Labute approximate surface area is 145 Å². The molecule has 0 bridgehead atoms. The number of anilines is 1. The Morgan fingerprint density at radius 1 is 1.44 bits per heavy atom. The maximum Gasteiger partial charge on any atom is 0.327 e. The number of imidazole rings is 1. The van der Waals surface area contributed by atoms with Crippen LogP contribution in [0.2, 0.25) is 0 Å². The second kappa shape index (κ2) is 8.30. The first-order chi connectivity index (χ1) is 12.2. The van der Waals surface area contributed by atoms with Gasteiger partial charge in [0.15, 0.2) is 11.5 Å². The third-order valence-electron chi connectivity index (χ3n) is 4.22. The molecule has 0 amide bonds. The monoisotopic (exact) mass is 350 g/mol. The molecular formula is C16H26N6O3. The number of nitrogens with zero attached hydrogens (tertiary/aromatic N) is 3. The summed E-state index contributed by atoms with van der Waals surface area (Å²) < 4.78 is 12.6. The Balaban J connectivity index is 1.67. The van der Waals surface area contributed by atoms with Crippen molar-refractivity contribution in [1.29, 1.82) is 0 Å². The summed E-state index contributed by atoms with van der Waals surface area (Å²) in [6, 6.07) is 0.212. The molecule has 4 N–H and O–H groups in total. The van der Waals surface area contributed by atoms with E-state index in [0.717, 1.165) is 45.3 Å². The number of aryl methyl sites for hydroxylation is 1. The molecular weight excluding hydrogens is 324 g/mol. The minimum Gasteiger partial charge on any atom is -0.463 e. The molecule has 138 valence electrons. The van der Waals surface area contributed by atoms with E-state index in [9.17, 15) is 4.79 Å². The molecule has 3 rings (SSSR count). The Bertz CT molecular complexity index is 750. The predicted molar refractivity (Wildman–Crippen MR) is 94.6 cm³/mol. The van der Waals surface area contributed by atoms with Crippen LogP contribution in [0.1, 0.15) is 39.0 Å². The third kappa shape index (κ3) is 4.29. The standard InChI is InChI=1S/C16H26N6O3/c1-2-3-9-25-15-20-13(17)12-14(21-15)22(16(23)19-12)8-5-7-18-11-6-4-10-24-11/h11,18H,2-10H2,1H3,(H,19,23)(H2,17,20,21)/t11-/m1/s1. The van der Waals surface area contributed by atoms with Crippen LogP contribution >= 0.6 is 0 Å². The average molecular weight is 350 g/mol. The lowest BCUT2D eigenvalue weighted by Crippen LogP contribution is -2.30. The fourth-order valence-electron chi connectivity index (χ4n) is 2.85. The van der Waals surface area contributed by atoms with Crippen molar-refractivity contribution in [3.05, 3.63) is 10.5 Å². The molecule has 0 aromatic carbocycles. The molecule has 1 aliphatic heterocycles. The Morgan fingerprint density at radius 3 is 3.08 bits per heavy atom. The van der Waals surface area contributed by atoms with Gasteiger partial charge in [-0.05, 0) is 32.2 Å². The number of hydrogen-bond donors (Lipinski definition) is 3. The summed E-state index contributed by atoms with van der Waals surface area (Å²) in [7, 11) is 0. The Morgan fingerprint density at radius 2 is 2.32 bits per heavy atom. The second-order valence-electron chi connectivity index (χ2n) is 6.18. The molecule has 0 spiro atoms. The van der Waals surface area contributed by atoms with Crippen molar-refractivity contribution in [3.63, 3.8) is 0 Å². The molecule has 2 aromatic rings. The van der Waals surface area contributed by atoms with Gasteiger partial charge in [-0.15, -0.1) is 0 Å². The van der Waals surface area contributed by atoms with Gasteiger partial charge in [-0.25, -0.2) is 4.79 Å². The molecule has 1 aliphatic rings. The minimum atomic E-state index is -0.237. The highest BCUT2D eigenvalue weighted by atomic mass is 16.5. The first-order valence-corrected chi connectivity index (χ1v) is 8.93. The number of hydrogen-bond acceptors (Lipinski definition) is 7. The van der Waals surface area contributed by atoms with Crippen molar-refractivity contribution in [3.8, 4) is 6.01 Å². The van der Waals surface area contributed by atoms with Gasteiger partial charge in [-0.2, -0.15) is 9.97 Å². The van der Waals surface area contributed by atoms with E-state index in [-0.39, 0.29) is 23.7 Å². The summed E-state index contributed by atoms with van der Waals surface area (Å²) in [6.07, 6.45) is 4.98. The van der Waals surface area contributed by atoms with Crippen LogP contribution in [0.4, 0.5) is 5.82 Å². The van der Waals surface area contributed by atoms with Gasteiger partial charge < -0.3 is 20.2 Å². The summed E-state index contributed by atoms with van der Waals surface area (Å²) in [5, 5.41) is 3.34. The van der Waals surface area contributed by atoms with Gasteiger partial charge in [0.25, 0.3) is 0 Å². The molecule has 0 saturated carbocycles. The summed E-state index contributed by atoms with van der Waals surface area (Å²) in [5.41, 5.74) is 6.65. The number of nitrogen functional groups attached to an aromatic ring is 1. The second-order valence-corrected chi connectivity index (χ2v) is 6.18. The number of rotatable bonds is 9. The van der Waals surface area contributed by atoms with Crippen LogP contribution in [-0.2, 0) is 11.3 Å². The van der Waals surface area contributed by atoms with Crippen LogP contribution in [0.15, 0.2) is 4.79 Å². The van der Waals surface area contributed by atoms with Crippen LogP contribution in [0, 0.1) is 0 Å². The van der Waals surface area contributed by atoms with E-state index in [1.54, 1.807) is 4.57 Å². The number of aromatic amines is 1. The van der Waals surface area contributed by atoms with Gasteiger partial charge in [-0.3, -0.25) is 9.88 Å². The lowest BCUT2D eigenvalue weighted by molar-refractivity contribution is 0.0839. The van der Waals surface area contributed by atoms with Crippen LogP contribution in [-0.4, -0.2) is 45.5 Å². The summed E-state index contributed by atoms with van der Waals surface area (Å²) in [5.74, 6) is 0.227. The molecule has 1 atom stereocenters. The number of fused-ring (bicyclic) bond motifs is 1. The third-order valence-corrected chi connectivity index (χ3v) is 4.22. The predicted octanol–water partition coefficient (Wildman–Crippen LogP) is 0.997. The molecule has 2 aromatic heterocycles. The lowest BCUT2D eigenvalue weighted by Gasteiger charge is -2.11. The van der Waals surface area contributed by atoms with Gasteiger partial charge in [0.2, 0.25) is 0 Å². The van der Waals surface area contributed by atoms with E-state index in [2.05, 4.69) is 27.2 Å². The highest BCUT2D eigenvalue weighted by molar-refractivity contribution is 5.81. The van der Waals surface area contributed by atoms with Gasteiger partial charge >= 0.3 is 11.7 Å². The first-order valence-electron chi connectivity index (χ1n) is 8.93. The van der Waals surface area contributed by atoms with Gasteiger partial charge in [0, 0.05) is 13.2 Å². The van der Waals surface area contributed by atoms with E-state index >= 15 is 0 Å². The lowest BCUT2D eigenvalue weighted by atomic mass is 10.3. The van der Waals surface area contributed by atoms with Gasteiger partial charge in [0.1, 0.15) is 11.7 Å². The molecule has 25 heavy (non-hydrogen) atoms. The van der Waals surface area contributed by atoms with Gasteiger partial charge in [-0.1, -0.05) is 13.3 Å². The number of aromatic nitrogens is 4. The van der Waals surface area contributed by atoms with Crippen LogP contribution in [0.3, 0.4) is 0 Å². The highest BCUT2D eigenvalue weighted by Crippen LogP contribution is 2.18. The zero-order valence-electron chi connectivity index (χ0n) is 14.6. The van der Waals surface area contributed by atoms with E-state index in [1.807, 2.05) is 0 Å². The maximum absolute atomic E-state index is 12.2. The van der Waals surface area contributed by atoms with E-state index < -0.39 is 0 Å². The van der Waals surface area contributed by atoms with E-state index in [0.29, 0.717) is 24.3 Å². The molecule has 9 heteroatoms. The topological polar surface area (TPSA) is 120 Å². The summed E-state index contributed by atoms with van der Waals surface area (Å²) in [6.45, 7) is 4.72. The van der Waals surface area contributed by atoms with E-state index in [1.165, 1.54) is 0 Å². The largest absolute Gasteiger partial charge is 0.463 e. The fourth-order valence-corrected chi connectivity index (χ4v) is 2.85. The van der Waals surface area contributed by atoms with Crippen molar-refractivity contribution in [2.75, 3.05) is 25.5 Å². The van der Waals surface area contributed by atoms with Crippen molar-refractivity contribution < 1.29 is 9.47 Å². The Kier molecular flexibility index (Phi) is 5.87. The summed E-state index contributed by atoms with van der Waals surface area (Å²) in [4.78, 5) is 23.4. The van der Waals surface area contributed by atoms with Crippen molar-refractivity contribution in [1.82, 2.24) is 24.8 Å². The van der Waals surface area contributed by atoms with Crippen LogP contribution in [0.5, 0.6) is 6.01 Å². The zero-order chi connectivity index (χ0) is 17.6. The normalized spacial score (nSPS) is 17.4. The van der Waals surface area contributed by atoms with Crippen molar-refractivity contribution in [2.24, 2.45) is 0 Å². The van der Waals surface area contributed by atoms with Gasteiger partial charge in [0.05, 0.1) is 6.61 Å². The first kappa shape index (κ1) is 17.7. The maximum atomic E-state index is 12.2. The molecule has 9 nitrogen and oxygen atoms in total. The molecule has 1 fully saturated rings. The molecule has 3 heterocycles. The molecule has 0 aliphatic carbocycles. The number of ether oxygens (including phenoxy) is 2. The number of nitrogens with one attached hydrogen (secondary N) is 2. The Hall–Kier alpha value is -2.13.